The highest BCUT2D eigenvalue weighted by Crippen LogP contribution is 2.22. The largest absolute Gasteiger partial charge is 0.319 e. The number of carbonyl (C=O) groups excluding carboxylic acids is 1. The smallest absolute Gasteiger partial charge is 0.280 e. The van der Waals surface area contributed by atoms with Crippen molar-refractivity contribution in [2.75, 3.05) is 5.75 Å². The number of sulfone groups is 1. The SMILES string of the molecule is CCS(=O)(=O)c1ccccc1C(=O)N=c1sc2cc(Cl)ccc2n1C. The monoisotopic (exact) mass is 394 g/mol. The number of amides is 1. The second-order valence-corrected chi connectivity index (χ2v) is 9.06. The summed E-state index contributed by atoms with van der Waals surface area (Å²) in [5, 5.41) is 0.603. The van der Waals surface area contributed by atoms with Crippen molar-refractivity contribution in [3.63, 3.8) is 0 Å². The summed E-state index contributed by atoms with van der Waals surface area (Å²) in [5.74, 6) is -0.659. The molecule has 1 amide bonds. The first kappa shape index (κ1) is 17.8. The number of nitrogens with zero attached hydrogens (tertiary/aromatic N) is 2. The number of fused-ring (bicyclic) bond motifs is 1. The zero-order chi connectivity index (χ0) is 18.2. The van der Waals surface area contributed by atoms with Crippen molar-refractivity contribution >= 4 is 48.9 Å². The number of hydrogen-bond donors (Lipinski definition) is 0. The number of halogens is 1. The molecule has 0 atom stereocenters. The zero-order valence-corrected chi connectivity index (χ0v) is 16.0. The average Bonchev–Trinajstić information content (AvgIpc) is 2.89. The summed E-state index contributed by atoms with van der Waals surface area (Å²) in [6, 6.07) is 11.6. The summed E-state index contributed by atoms with van der Waals surface area (Å²) >= 11 is 7.32. The van der Waals surface area contributed by atoms with E-state index < -0.39 is 15.7 Å². The van der Waals surface area contributed by atoms with E-state index in [2.05, 4.69) is 4.99 Å². The lowest BCUT2D eigenvalue weighted by Crippen LogP contribution is -2.15. The minimum absolute atomic E-state index is 0.0121. The van der Waals surface area contributed by atoms with Crippen LogP contribution in [0.25, 0.3) is 10.2 Å². The second-order valence-electron chi connectivity index (χ2n) is 5.37. The highest BCUT2D eigenvalue weighted by molar-refractivity contribution is 7.91. The van der Waals surface area contributed by atoms with Crippen molar-refractivity contribution in [2.24, 2.45) is 12.0 Å². The third-order valence-corrected chi connectivity index (χ3v) is 6.92. The predicted octanol–water partition coefficient (Wildman–Crippen LogP) is 3.43. The standard InChI is InChI=1S/C17H15ClN2O3S2/c1-3-25(22,23)15-7-5-4-6-12(15)16(21)19-17-20(2)13-9-8-11(18)10-14(13)24-17/h4-10H,3H2,1-2H3. The summed E-state index contributed by atoms with van der Waals surface area (Å²) in [5.41, 5.74) is 0.982. The van der Waals surface area contributed by atoms with E-state index in [0.717, 1.165) is 10.2 Å². The van der Waals surface area contributed by atoms with Crippen LogP contribution in [0, 0.1) is 0 Å². The highest BCUT2D eigenvalue weighted by Gasteiger charge is 2.20. The summed E-state index contributed by atoms with van der Waals surface area (Å²) in [7, 11) is -1.71. The molecule has 0 spiro atoms. The van der Waals surface area contributed by atoms with E-state index in [9.17, 15) is 13.2 Å². The fourth-order valence-electron chi connectivity index (χ4n) is 2.43. The summed E-state index contributed by atoms with van der Waals surface area (Å²) < 4.78 is 27.1. The van der Waals surface area contributed by atoms with Crippen LogP contribution in [0.3, 0.4) is 0 Å². The van der Waals surface area contributed by atoms with Crippen molar-refractivity contribution in [1.29, 1.82) is 0 Å². The van der Waals surface area contributed by atoms with Gasteiger partial charge in [0.2, 0.25) is 0 Å². The number of aryl methyl sites for hydroxylation is 1. The first-order valence-electron chi connectivity index (χ1n) is 7.49. The van der Waals surface area contributed by atoms with E-state index in [1.54, 1.807) is 42.8 Å². The lowest BCUT2D eigenvalue weighted by Gasteiger charge is -2.05. The molecule has 2 aromatic carbocycles. The third-order valence-electron chi connectivity index (χ3n) is 3.80. The van der Waals surface area contributed by atoms with Gasteiger partial charge in [-0.15, -0.1) is 0 Å². The van der Waals surface area contributed by atoms with Crippen LogP contribution in [0.1, 0.15) is 17.3 Å². The number of hydrogen-bond acceptors (Lipinski definition) is 4. The van der Waals surface area contributed by atoms with E-state index >= 15 is 0 Å². The zero-order valence-electron chi connectivity index (χ0n) is 13.6. The van der Waals surface area contributed by atoms with Crippen molar-refractivity contribution in [3.05, 3.63) is 57.9 Å². The Balaban J connectivity index is 2.16. The normalized spacial score (nSPS) is 12.7. The molecule has 5 nitrogen and oxygen atoms in total. The molecule has 0 aliphatic carbocycles. The van der Waals surface area contributed by atoms with Crippen LogP contribution < -0.4 is 4.80 Å². The number of thiazole rings is 1. The van der Waals surface area contributed by atoms with Crippen molar-refractivity contribution < 1.29 is 13.2 Å². The first-order chi connectivity index (χ1) is 11.8. The fourth-order valence-corrected chi connectivity index (χ4v) is 4.81. The van der Waals surface area contributed by atoms with Gasteiger partial charge in [0.05, 0.1) is 26.4 Å². The molecule has 0 unspecified atom stereocenters. The number of aromatic nitrogens is 1. The van der Waals surface area contributed by atoms with Crippen LogP contribution >= 0.6 is 22.9 Å². The van der Waals surface area contributed by atoms with Crippen LogP contribution in [0.4, 0.5) is 0 Å². The van der Waals surface area contributed by atoms with Gasteiger partial charge in [-0.05, 0) is 30.3 Å². The van der Waals surface area contributed by atoms with E-state index in [-0.39, 0.29) is 16.2 Å². The van der Waals surface area contributed by atoms with Crippen LogP contribution in [0.5, 0.6) is 0 Å². The van der Waals surface area contributed by atoms with Gasteiger partial charge in [-0.25, -0.2) is 8.42 Å². The maximum absolute atomic E-state index is 12.6. The van der Waals surface area contributed by atoms with Crippen LogP contribution in [0.2, 0.25) is 5.02 Å². The molecule has 25 heavy (non-hydrogen) atoms. The van der Waals surface area contributed by atoms with Gasteiger partial charge in [-0.1, -0.05) is 42.0 Å². The Kier molecular flexibility index (Phi) is 4.81. The van der Waals surface area contributed by atoms with E-state index in [1.165, 1.54) is 23.5 Å². The summed E-state index contributed by atoms with van der Waals surface area (Å²) in [6.45, 7) is 1.55. The number of carbonyl (C=O) groups is 1. The fraction of sp³-hybridized carbons (Fsp3) is 0.176. The molecule has 8 heteroatoms. The van der Waals surface area contributed by atoms with Gasteiger partial charge in [0.15, 0.2) is 14.6 Å². The van der Waals surface area contributed by atoms with Gasteiger partial charge < -0.3 is 4.57 Å². The Bertz CT molecular complexity index is 1140. The van der Waals surface area contributed by atoms with E-state index in [1.807, 2.05) is 6.07 Å². The predicted molar refractivity (Wildman–Crippen MR) is 99.9 cm³/mol. The number of benzene rings is 2. The molecule has 3 rings (SSSR count). The van der Waals surface area contributed by atoms with Crippen LogP contribution in [0.15, 0.2) is 52.4 Å². The van der Waals surface area contributed by atoms with Crippen LogP contribution in [-0.4, -0.2) is 24.6 Å². The lowest BCUT2D eigenvalue weighted by atomic mass is 10.2. The van der Waals surface area contributed by atoms with Gasteiger partial charge >= 0.3 is 0 Å². The molecule has 0 aliphatic rings. The molecule has 0 fully saturated rings. The van der Waals surface area contributed by atoms with Crippen molar-refractivity contribution in [2.45, 2.75) is 11.8 Å². The maximum Gasteiger partial charge on any atom is 0.280 e. The van der Waals surface area contributed by atoms with Gasteiger partial charge in [0.25, 0.3) is 5.91 Å². The van der Waals surface area contributed by atoms with Gasteiger partial charge in [0.1, 0.15) is 0 Å². The van der Waals surface area contributed by atoms with E-state index in [4.69, 9.17) is 11.6 Å². The van der Waals surface area contributed by atoms with Crippen molar-refractivity contribution in [1.82, 2.24) is 4.57 Å². The number of rotatable bonds is 3. The van der Waals surface area contributed by atoms with E-state index in [0.29, 0.717) is 9.82 Å². The quantitative estimate of drug-likeness (QED) is 0.683. The molecule has 0 saturated carbocycles. The Hall–Kier alpha value is -1.96. The molecule has 1 aromatic heterocycles. The molecule has 0 radical (unpaired) electrons. The Morgan fingerprint density at radius 3 is 2.68 bits per heavy atom. The highest BCUT2D eigenvalue weighted by atomic mass is 35.5. The lowest BCUT2D eigenvalue weighted by molar-refractivity contribution is 0.0995. The molecule has 0 bridgehead atoms. The Labute approximate surface area is 154 Å². The minimum Gasteiger partial charge on any atom is -0.319 e. The topological polar surface area (TPSA) is 68.5 Å². The molecular weight excluding hydrogens is 380 g/mol. The third kappa shape index (κ3) is 3.40. The van der Waals surface area contributed by atoms with Crippen LogP contribution in [-0.2, 0) is 16.9 Å². The first-order valence-corrected chi connectivity index (χ1v) is 10.3. The second kappa shape index (κ2) is 6.74. The Morgan fingerprint density at radius 1 is 1.24 bits per heavy atom. The minimum atomic E-state index is -3.51. The summed E-state index contributed by atoms with van der Waals surface area (Å²) in [6.07, 6.45) is 0. The molecule has 1 heterocycles. The molecular formula is C17H15ClN2O3S2. The Morgan fingerprint density at radius 2 is 1.96 bits per heavy atom. The maximum atomic E-state index is 12.6. The van der Waals surface area contributed by atoms with Gasteiger partial charge in [-0.3, -0.25) is 4.79 Å². The molecule has 0 saturated heterocycles. The molecule has 130 valence electrons. The molecule has 0 aliphatic heterocycles. The van der Waals surface area contributed by atoms with Gasteiger partial charge in [-0.2, -0.15) is 4.99 Å². The van der Waals surface area contributed by atoms with Crippen molar-refractivity contribution in [3.8, 4) is 0 Å². The molecule has 3 aromatic rings. The average molecular weight is 395 g/mol. The summed E-state index contributed by atoms with van der Waals surface area (Å²) in [4.78, 5) is 17.3. The molecule has 0 N–H and O–H groups in total. The van der Waals surface area contributed by atoms with Gasteiger partial charge in [0, 0.05) is 12.1 Å².